The third-order valence-electron chi connectivity index (χ3n) is 7.23. The summed E-state index contributed by atoms with van der Waals surface area (Å²) in [4.78, 5) is 11.3. The Labute approximate surface area is 199 Å². The van der Waals surface area contributed by atoms with Gasteiger partial charge < -0.3 is 10.5 Å². The average molecular weight is 451 g/mol. The lowest BCUT2D eigenvalue weighted by atomic mass is 9.78. The molecular formula is C28H26N4O2. The summed E-state index contributed by atoms with van der Waals surface area (Å²) < 4.78 is 6.83. The van der Waals surface area contributed by atoms with Crippen molar-refractivity contribution in [2.75, 3.05) is 7.05 Å². The molecule has 0 saturated heterocycles. The first-order valence-electron chi connectivity index (χ1n) is 11.7. The Morgan fingerprint density at radius 2 is 1.85 bits per heavy atom. The minimum absolute atomic E-state index is 0.355. The average Bonchev–Trinajstić information content (AvgIpc) is 3.01. The monoisotopic (exact) mass is 450 g/mol. The zero-order valence-corrected chi connectivity index (χ0v) is 19.1. The van der Waals surface area contributed by atoms with Crippen LogP contribution in [0.2, 0.25) is 0 Å². The SMILES string of the molecule is CN1O[C@@]2(C[C@]3(CCCc4ccccc4C3)Oc3ccc(-c4cccc(C#N)c4)cc32)N=C1N. The summed E-state index contributed by atoms with van der Waals surface area (Å²) in [6, 6.07) is 24.6. The van der Waals surface area contributed by atoms with Crippen LogP contribution in [0.1, 0.15) is 41.5 Å². The van der Waals surface area contributed by atoms with Gasteiger partial charge in [0.05, 0.1) is 17.2 Å². The van der Waals surface area contributed by atoms with Gasteiger partial charge in [0.25, 0.3) is 0 Å². The maximum atomic E-state index is 9.33. The molecule has 2 atom stereocenters. The number of hydroxylamine groups is 2. The van der Waals surface area contributed by atoms with E-state index in [0.29, 0.717) is 17.9 Å². The molecule has 170 valence electrons. The maximum Gasteiger partial charge on any atom is 0.222 e. The molecule has 0 aromatic heterocycles. The van der Waals surface area contributed by atoms with Crippen molar-refractivity contribution in [2.45, 2.75) is 43.4 Å². The summed E-state index contributed by atoms with van der Waals surface area (Å²) in [5.74, 6) is 1.13. The molecule has 2 aliphatic heterocycles. The van der Waals surface area contributed by atoms with Crippen LogP contribution in [-0.4, -0.2) is 23.7 Å². The molecule has 0 saturated carbocycles. The number of hydrogen-bond donors (Lipinski definition) is 1. The van der Waals surface area contributed by atoms with E-state index in [-0.39, 0.29) is 0 Å². The molecule has 6 rings (SSSR count). The van der Waals surface area contributed by atoms with Crippen molar-refractivity contribution in [1.29, 1.82) is 5.26 Å². The fraction of sp³-hybridized carbons (Fsp3) is 0.286. The van der Waals surface area contributed by atoms with Gasteiger partial charge in [-0.1, -0.05) is 42.5 Å². The van der Waals surface area contributed by atoms with Crippen molar-refractivity contribution < 1.29 is 9.57 Å². The number of benzene rings is 3. The van der Waals surface area contributed by atoms with Gasteiger partial charge in [-0.25, -0.2) is 14.9 Å². The van der Waals surface area contributed by atoms with Crippen molar-refractivity contribution in [3.63, 3.8) is 0 Å². The Balaban J connectivity index is 1.48. The predicted octanol–water partition coefficient (Wildman–Crippen LogP) is 4.67. The van der Waals surface area contributed by atoms with Gasteiger partial charge in [-0.2, -0.15) is 5.26 Å². The molecule has 0 radical (unpaired) electrons. The minimum Gasteiger partial charge on any atom is -0.486 e. The summed E-state index contributed by atoms with van der Waals surface area (Å²) in [5, 5.41) is 10.9. The van der Waals surface area contributed by atoms with Crippen LogP contribution in [0.3, 0.4) is 0 Å². The van der Waals surface area contributed by atoms with E-state index >= 15 is 0 Å². The van der Waals surface area contributed by atoms with Crippen LogP contribution in [0.15, 0.2) is 71.7 Å². The van der Waals surface area contributed by atoms with Crippen LogP contribution >= 0.6 is 0 Å². The second-order valence-electron chi connectivity index (χ2n) is 9.51. The van der Waals surface area contributed by atoms with Gasteiger partial charge in [-0.15, -0.1) is 0 Å². The van der Waals surface area contributed by atoms with Crippen molar-refractivity contribution >= 4 is 5.96 Å². The molecule has 3 aromatic carbocycles. The van der Waals surface area contributed by atoms with Gasteiger partial charge in [-0.05, 0) is 65.8 Å². The lowest BCUT2D eigenvalue weighted by molar-refractivity contribution is -0.204. The Bertz CT molecular complexity index is 1360. The topological polar surface area (TPSA) is 83.9 Å². The normalized spacial score (nSPS) is 25.2. The number of fused-ring (bicyclic) bond motifs is 3. The number of aryl methyl sites for hydroxylation is 1. The molecule has 0 bridgehead atoms. The van der Waals surface area contributed by atoms with Gasteiger partial charge >= 0.3 is 0 Å². The van der Waals surface area contributed by atoms with Crippen LogP contribution in [0.4, 0.5) is 0 Å². The Hall–Kier alpha value is -3.82. The van der Waals surface area contributed by atoms with Crippen molar-refractivity contribution in [1.82, 2.24) is 5.06 Å². The highest BCUT2D eigenvalue weighted by molar-refractivity contribution is 5.79. The lowest BCUT2D eigenvalue weighted by Gasteiger charge is -2.45. The van der Waals surface area contributed by atoms with Crippen LogP contribution in [0.25, 0.3) is 11.1 Å². The van der Waals surface area contributed by atoms with Gasteiger partial charge in [-0.3, -0.25) is 0 Å². The summed E-state index contributed by atoms with van der Waals surface area (Å²) in [7, 11) is 1.79. The molecule has 2 spiro atoms. The smallest absolute Gasteiger partial charge is 0.222 e. The minimum atomic E-state index is -0.950. The third kappa shape index (κ3) is 3.32. The molecule has 0 fully saturated rings. The number of nitrogens with two attached hydrogens (primary N) is 1. The van der Waals surface area contributed by atoms with E-state index in [1.165, 1.54) is 11.1 Å². The molecule has 3 aromatic rings. The lowest BCUT2D eigenvalue weighted by Crippen LogP contribution is -2.49. The fourth-order valence-corrected chi connectivity index (χ4v) is 5.65. The molecule has 6 heteroatoms. The quantitative estimate of drug-likeness (QED) is 0.582. The van der Waals surface area contributed by atoms with Crippen molar-refractivity contribution in [3.05, 3.63) is 89.0 Å². The highest BCUT2D eigenvalue weighted by Crippen LogP contribution is 2.52. The number of aliphatic imine (C=N–C) groups is 1. The largest absolute Gasteiger partial charge is 0.486 e. The van der Waals surface area contributed by atoms with Crippen molar-refractivity contribution in [2.24, 2.45) is 10.7 Å². The number of guanidine groups is 1. The number of nitriles is 1. The van der Waals surface area contributed by atoms with Crippen LogP contribution in [0, 0.1) is 11.3 Å². The summed E-state index contributed by atoms with van der Waals surface area (Å²) in [6.07, 6.45) is 4.38. The van der Waals surface area contributed by atoms with Gasteiger partial charge in [0.15, 0.2) is 0 Å². The van der Waals surface area contributed by atoms with E-state index in [0.717, 1.165) is 48.1 Å². The highest BCUT2D eigenvalue weighted by atomic mass is 16.7. The van der Waals surface area contributed by atoms with E-state index in [9.17, 15) is 5.26 Å². The zero-order chi connectivity index (χ0) is 23.3. The first-order chi connectivity index (χ1) is 16.5. The Kier molecular flexibility index (Phi) is 4.65. The van der Waals surface area contributed by atoms with Crippen LogP contribution < -0.4 is 10.5 Å². The standard InChI is InChI=1S/C28H26N4O2/c1-32-26(30)31-28(34-32)18-27(13-5-10-20-7-2-3-8-23(20)16-27)33-25-12-11-22(15-24(25)28)21-9-4-6-19(14-21)17-29/h2-4,6-9,11-12,14-15H,5,10,13,16,18H2,1H3,(H2,30,31)/t27-,28-/m1/s1. The predicted molar refractivity (Wildman–Crippen MR) is 130 cm³/mol. The molecule has 2 N–H and O–H groups in total. The first kappa shape index (κ1) is 20.8. The van der Waals surface area contributed by atoms with E-state index < -0.39 is 11.3 Å². The van der Waals surface area contributed by atoms with E-state index in [1.807, 2.05) is 30.3 Å². The van der Waals surface area contributed by atoms with E-state index in [1.54, 1.807) is 18.2 Å². The molecule has 34 heavy (non-hydrogen) atoms. The van der Waals surface area contributed by atoms with Gasteiger partial charge in [0, 0.05) is 19.9 Å². The second-order valence-corrected chi connectivity index (χ2v) is 9.51. The third-order valence-corrected chi connectivity index (χ3v) is 7.23. The summed E-state index contributed by atoms with van der Waals surface area (Å²) in [6.45, 7) is 0. The number of hydrogen-bond acceptors (Lipinski definition) is 6. The van der Waals surface area contributed by atoms with Gasteiger partial charge in [0.2, 0.25) is 11.7 Å². The molecule has 2 heterocycles. The highest BCUT2D eigenvalue weighted by Gasteiger charge is 2.54. The van der Waals surface area contributed by atoms with Crippen molar-refractivity contribution in [3.8, 4) is 22.9 Å². The number of nitrogens with zero attached hydrogens (tertiary/aromatic N) is 3. The molecule has 0 unspecified atom stereocenters. The van der Waals surface area contributed by atoms with Gasteiger partial charge in [0.1, 0.15) is 11.4 Å². The molecule has 6 nitrogen and oxygen atoms in total. The Morgan fingerprint density at radius 3 is 2.65 bits per heavy atom. The Morgan fingerprint density at radius 1 is 1.03 bits per heavy atom. The molecule has 3 aliphatic rings. The molecule has 1 aliphatic carbocycles. The fourth-order valence-electron chi connectivity index (χ4n) is 5.65. The number of rotatable bonds is 1. The summed E-state index contributed by atoms with van der Waals surface area (Å²) in [5.41, 5.74) is 11.0. The van der Waals surface area contributed by atoms with E-state index in [4.69, 9.17) is 20.3 Å². The van der Waals surface area contributed by atoms with Crippen LogP contribution in [0.5, 0.6) is 5.75 Å². The summed E-state index contributed by atoms with van der Waals surface area (Å²) >= 11 is 0. The number of ether oxygens (including phenoxy) is 1. The first-order valence-corrected chi connectivity index (χ1v) is 11.7. The molecular weight excluding hydrogens is 424 g/mol. The second kappa shape index (κ2) is 7.61. The zero-order valence-electron chi connectivity index (χ0n) is 19.1. The van der Waals surface area contributed by atoms with Crippen LogP contribution in [-0.2, 0) is 23.4 Å². The maximum absolute atomic E-state index is 9.33. The van der Waals surface area contributed by atoms with E-state index in [2.05, 4.69) is 36.4 Å². The molecule has 0 amide bonds.